The zero-order chi connectivity index (χ0) is 25.1. The molecule has 1 saturated heterocycles. The van der Waals surface area contributed by atoms with Gasteiger partial charge in [0.2, 0.25) is 0 Å². The van der Waals surface area contributed by atoms with Crippen LogP contribution < -0.4 is 5.56 Å². The van der Waals surface area contributed by atoms with Crippen LogP contribution in [0.3, 0.4) is 0 Å². The normalized spacial score (nSPS) is 16.3. The van der Waals surface area contributed by atoms with Gasteiger partial charge in [-0.05, 0) is 37.5 Å². The van der Waals surface area contributed by atoms with Crippen LogP contribution in [0.4, 0.5) is 0 Å². The van der Waals surface area contributed by atoms with Gasteiger partial charge in [0, 0.05) is 45.2 Å². The monoisotopic (exact) mass is 488 g/mol. The minimum absolute atomic E-state index is 0.0526. The van der Waals surface area contributed by atoms with Gasteiger partial charge in [-0.3, -0.25) is 23.9 Å². The smallest absolute Gasteiger partial charge is 0.306 e. The van der Waals surface area contributed by atoms with Gasteiger partial charge >= 0.3 is 5.97 Å². The van der Waals surface area contributed by atoms with Gasteiger partial charge in [-0.1, -0.05) is 42.0 Å². The Hall–Kier alpha value is -3.52. The molecular weight excluding hydrogens is 456 g/mol. The number of esters is 1. The number of amides is 1. The Morgan fingerprint density at radius 2 is 1.81 bits per heavy atom. The number of benzene rings is 2. The second-order valence-corrected chi connectivity index (χ2v) is 9.76. The molecule has 2 fully saturated rings. The average molecular weight is 489 g/mol. The number of para-hydroxylation sites is 1. The van der Waals surface area contributed by atoms with E-state index in [-0.39, 0.29) is 30.5 Å². The summed E-state index contributed by atoms with van der Waals surface area (Å²) in [6.07, 6.45) is 2.28. The Morgan fingerprint density at radius 1 is 1.03 bits per heavy atom. The van der Waals surface area contributed by atoms with E-state index in [1.54, 1.807) is 15.5 Å². The Kier molecular flexibility index (Phi) is 7.13. The van der Waals surface area contributed by atoms with Gasteiger partial charge in [0.1, 0.15) is 5.82 Å². The molecule has 8 heteroatoms. The highest BCUT2D eigenvalue weighted by Gasteiger charge is 2.28. The highest BCUT2D eigenvalue weighted by molar-refractivity contribution is 5.81. The fraction of sp³-hybridized carbons (Fsp3) is 0.429. The summed E-state index contributed by atoms with van der Waals surface area (Å²) in [5.74, 6) is -0.0160. The van der Waals surface area contributed by atoms with Crippen molar-refractivity contribution in [3.8, 4) is 0 Å². The van der Waals surface area contributed by atoms with Crippen LogP contribution in [-0.2, 0) is 27.3 Å². The highest BCUT2D eigenvalue weighted by atomic mass is 16.5. The second-order valence-electron chi connectivity index (χ2n) is 9.76. The number of rotatable bonds is 8. The van der Waals surface area contributed by atoms with Gasteiger partial charge in [-0.15, -0.1) is 0 Å². The van der Waals surface area contributed by atoms with Crippen LogP contribution in [0.5, 0.6) is 0 Å². The zero-order valence-corrected chi connectivity index (χ0v) is 20.7. The van der Waals surface area contributed by atoms with Crippen LogP contribution >= 0.6 is 0 Å². The number of carbonyl (C=O) groups is 2. The number of ether oxygens (including phenoxy) is 1. The van der Waals surface area contributed by atoms with Crippen molar-refractivity contribution in [2.24, 2.45) is 0 Å². The molecule has 5 rings (SSSR count). The molecule has 0 N–H and O–H groups in total. The molecule has 3 aromatic rings. The first-order valence-corrected chi connectivity index (χ1v) is 12.7. The molecule has 188 valence electrons. The second kappa shape index (κ2) is 10.6. The Labute approximate surface area is 210 Å². The Morgan fingerprint density at radius 3 is 2.56 bits per heavy atom. The van der Waals surface area contributed by atoms with Gasteiger partial charge < -0.3 is 9.64 Å². The topological polar surface area (TPSA) is 84.7 Å². The third kappa shape index (κ3) is 5.65. The molecule has 2 aliphatic rings. The number of aromatic nitrogens is 2. The summed E-state index contributed by atoms with van der Waals surface area (Å²) in [4.78, 5) is 46.7. The van der Waals surface area contributed by atoms with Gasteiger partial charge in [0.25, 0.3) is 11.5 Å². The molecule has 8 nitrogen and oxygen atoms in total. The molecule has 1 aliphatic heterocycles. The van der Waals surface area contributed by atoms with Crippen LogP contribution in [0.1, 0.15) is 42.3 Å². The molecule has 1 aliphatic carbocycles. The van der Waals surface area contributed by atoms with Crippen molar-refractivity contribution in [1.82, 2.24) is 19.4 Å². The number of piperazine rings is 1. The van der Waals surface area contributed by atoms with Gasteiger partial charge in [-0.25, -0.2) is 4.98 Å². The van der Waals surface area contributed by atoms with Crippen molar-refractivity contribution in [3.63, 3.8) is 0 Å². The van der Waals surface area contributed by atoms with E-state index in [1.165, 1.54) is 11.1 Å². The number of carbonyl (C=O) groups excluding carboxylic acids is 2. The predicted octanol–water partition coefficient (Wildman–Crippen LogP) is 2.86. The maximum absolute atomic E-state index is 13.0. The summed E-state index contributed by atoms with van der Waals surface area (Å²) in [5.41, 5.74) is 3.11. The maximum atomic E-state index is 13.0. The number of aryl methyl sites for hydroxylation is 2. The molecule has 0 atom stereocenters. The van der Waals surface area contributed by atoms with E-state index in [9.17, 15) is 14.4 Å². The number of fused-ring (bicyclic) bond motifs is 1. The largest absolute Gasteiger partial charge is 0.456 e. The molecular formula is C28H32N4O4. The van der Waals surface area contributed by atoms with Gasteiger partial charge in [0.15, 0.2) is 6.61 Å². The fourth-order valence-corrected chi connectivity index (χ4v) is 4.82. The molecule has 1 saturated carbocycles. The number of nitrogens with zero attached hydrogens (tertiary/aromatic N) is 4. The van der Waals surface area contributed by atoms with Crippen molar-refractivity contribution < 1.29 is 14.3 Å². The molecule has 2 aromatic carbocycles. The fourth-order valence-electron chi connectivity index (χ4n) is 4.82. The van der Waals surface area contributed by atoms with E-state index in [4.69, 9.17) is 4.74 Å². The SMILES string of the molecule is Cc1cccc(CN2CCN(C(=O)COC(=O)CCc3nc4ccccc4c(=O)n3C3CC3)CC2)c1. The van der Waals surface area contributed by atoms with Crippen molar-refractivity contribution in [2.45, 2.75) is 45.2 Å². The van der Waals surface area contributed by atoms with Crippen LogP contribution in [0.15, 0.2) is 53.3 Å². The first-order valence-electron chi connectivity index (χ1n) is 12.7. The molecule has 1 amide bonds. The van der Waals surface area contributed by atoms with Crippen molar-refractivity contribution in [2.75, 3.05) is 32.8 Å². The summed E-state index contributed by atoms with van der Waals surface area (Å²) < 4.78 is 7.02. The highest BCUT2D eigenvalue weighted by Crippen LogP contribution is 2.34. The minimum atomic E-state index is -0.453. The van der Waals surface area contributed by atoms with Crippen molar-refractivity contribution in [1.29, 1.82) is 0 Å². The van der Waals surface area contributed by atoms with Crippen molar-refractivity contribution in [3.05, 3.63) is 75.8 Å². The van der Waals surface area contributed by atoms with E-state index < -0.39 is 5.97 Å². The van der Waals surface area contributed by atoms with Crippen LogP contribution in [0.25, 0.3) is 10.9 Å². The van der Waals surface area contributed by atoms with Crippen LogP contribution in [0, 0.1) is 6.92 Å². The summed E-state index contributed by atoms with van der Waals surface area (Å²) in [5, 5.41) is 0.598. The lowest BCUT2D eigenvalue weighted by Crippen LogP contribution is -2.49. The van der Waals surface area contributed by atoms with E-state index in [0.717, 1.165) is 32.5 Å². The summed E-state index contributed by atoms with van der Waals surface area (Å²) in [6.45, 7) is 5.53. The molecule has 1 aromatic heterocycles. The zero-order valence-electron chi connectivity index (χ0n) is 20.7. The molecule has 36 heavy (non-hydrogen) atoms. The lowest BCUT2D eigenvalue weighted by molar-refractivity contribution is -0.152. The molecule has 0 spiro atoms. The van der Waals surface area contributed by atoms with Gasteiger partial charge in [0.05, 0.1) is 17.3 Å². The van der Waals surface area contributed by atoms with Crippen LogP contribution in [-0.4, -0.2) is 64.0 Å². The first kappa shape index (κ1) is 24.2. The third-order valence-electron chi connectivity index (χ3n) is 6.92. The molecule has 0 bridgehead atoms. The lowest BCUT2D eigenvalue weighted by atomic mass is 10.1. The first-order chi connectivity index (χ1) is 17.5. The van der Waals surface area contributed by atoms with E-state index in [0.29, 0.717) is 36.2 Å². The quantitative estimate of drug-likeness (QED) is 0.454. The molecule has 0 radical (unpaired) electrons. The Balaban J connectivity index is 1.10. The molecule has 2 heterocycles. The molecule has 0 unspecified atom stereocenters. The lowest BCUT2D eigenvalue weighted by Gasteiger charge is -2.34. The predicted molar refractivity (Wildman–Crippen MR) is 137 cm³/mol. The van der Waals surface area contributed by atoms with Crippen molar-refractivity contribution >= 4 is 22.8 Å². The standard InChI is InChI=1S/C28H32N4O4/c1-20-5-4-6-21(17-20)18-30-13-15-31(16-14-30)26(33)19-36-27(34)12-11-25-29-24-8-3-2-7-23(24)28(35)32(25)22-9-10-22/h2-8,17,22H,9-16,18-19H2,1H3. The maximum Gasteiger partial charge on any atom is 0.306 e. The summed E-state index contributed by atoms with van der Waals surface area (Å²) in [6, 6.07) is 15.9. The summed E-state index contributed by atoms with van der Waals surface area (Å²) >= 11 is 0. The van der Waals surface area contributed by atoms with E-state index in [2.05, 4.69) is 41.1 Å². The third-order valence-corrected chi connectivity index (χ3v) is 6.92. The van der Waals surface area contributed by atoms with E-state index >= 15 is 0 Å². The summed E-state index contributed by atoms with van der Waals surface area (Å²) in [7, 11) is 0. The average Bonchev–Trinajstić information content (AvgIpc) is 3.72. The van der Waals surface area contributed by atoms with E-state index in [1.807, 2.05) is 18.2 Å². The van der Waals surface area contributed by atoms with Gasteiger partial charge in [-0.2, -0.15) is 0 Å². The number of hydrogen-bond donors (Lipinski definition) is 0. The minimum Gasteiger partial charge on any atom is -0.456 e. The Bertz CT molecular complexity index is 1320. The van der Waals surface area contributed by atoms with Crippen LogP contribution in [0.2, 0.25) is 0 Å². The number of hydrogen-bond acceptors (Lipinski definition) is 6.